The molecule has 1 saturated carbocycles. The molecule has 1 unspecified atom stereocenters. The largest absolute Gasteiger partial charge is 0.480 e. The van der Waals surface area contributed by atoms with E-state index in [1.807, 2.05) is 0 Å². The van der Waals surface area contributed by atoms with E-state index in [-0.39, 0.29) is 18.1 Å². The zero-order valence-corrected chi connectivity index (χ0v) is 12.8. The summed E-state index contributed by atoms with van der Waals surface area (Å²) in [4.78, 5) is 23.9. The quantitative estimate of drug-likeness (QED) is 0.879. The Morgan fingerprint density at radius 1 is 1.27 bits per heavy atom. The van der Waals surface area contributed by atoms with E-state index in [9.17, 15) is 19.1 Å². The van der Waals surface area contributed by atoms with Crippen molar-refractivity contribution in [1.29, 1.82) is 0 Å². The van der Waals surface area contributed by atoms with E-state index in [2.05, 4.69) is 5.32 Å². The molecule has 1 aliphatic carbocycles. The molecule has 0 aliphatic heterocycles. The highest BCUT2D eigenvalue weighted by Gasteiger charge is 2.41. The number of carboxylic acid groups (broad SMARTS) is 1. The fraction of sp³-hybridized carbons (Fsp3) is 0.529. The second kappa shape index (κ2) is 6.90. The summed E-state index contributed by atoms with van der Waals surface area (Å²) in [7, 11) is 0. The van der Waals surface area contributed by atoms with Crippen LogP contribution in [0.25, 0.3) is 0 Å². The summed E-state index contributed by atoms with van der Waals surface area (Å²) in [6.07, 6.45) is 3.77. The molecule has 1 amide bonds. The Labute approximate surface area is 129 Å². The van der Waals surface area contributed by atoms with Crippen LogP contribution >= 0.6 is 0 Å². The predicted molar refractivity (Wildman–Crippen MR) is 80.9 cm³/mol. The molecule has 1 atom stereocenters. The van der Waals surface area contributed by atoms with Gasteiger partial charge in [-0.05, 0) is 30.9 Å². The molecule has 0 saturated heterocycles. The SMILES string of the molecule is CC(Cc1ccccc1F)C(=O)NC1(C(=O)O)CCCCC1. The molecule has 2 N–H and O–H groups in total. The van der Waals surface area contributed by atoms with Gasteiger partial charge in [0.2, 0.25) is 5.91 Å². The van der Waals surface area contributed by atoms with Crippen LogP contribution in [0.4, 0.5) is 4.39 Å². The summed E-state index contributed by atoms with van der Waals surface area (Å²) in [5, 5.41) is 12.2. The Morgan fingerprint density at radius 2 is 1.91 bits per heavy atom. The summed E-state index contributed by atoms with van der Waals surface area (Å²) in [6.45, 7) is 1.69. The smallest absolute Gasteiger partial charge is 0.329 e. The van der Waals surface area contributed by atoms with Crippen molar-refractivity contribution in [3.8, 4) is 0 Å². The highest BCUT2D eigenvalue weighted by atomic mass is 19.1. The van der Waals surface area contributed by atoms with Gasteiger partial charge >= 0.3 is 5.97 Å². The molecule has 0 radical (unpaired) electrons. The molecular formula is C17H22FNO3. The number of rotatable bonds is 5. The molecule has 1 aromatic carbocycles. The maximum absolute atomic E-state index is 13.6. The number of carbonyl (C=O) groups is 2. The van der Waals surface area contributed by atoms with Gasteiger partial charge in [-0.15, -0.1) is 0 Å². The first kappa shape index (κ1) is 16.5. The Balaban J connectivity index is 2.04. The Bertz CT molecular complexity index is 553. The number of hydrogen-bond donors (Lipinski definition) is 2. The number of hydrogen-bond acceptors (Lipinski definition) is 2. The van der Waals surface area contributed by atoms with Crippen molar-refractivity contribution in [3.63, 3.8) is 0 Å². The molecule has 1 fully saturated rings. The van der Waals surface area contributed by atoms with Crippen molar-refractivity contribution in [2.75, 3.05) is 0 Å². The fourth-order valence-electron chi connectivity index (χ4n) is 2.99. The van der Waals surface area contributed by atoms with Crippen molar-refractivity contribution < 1.29 is 19.1 Å². The predicted octanol–water partition coefficient (Wildman–Crippen LogP) is 2.91. The van der Waals surface area contributed by atoms with Crippen molar-refractivity contribution in [2.45, 2.75) is 51.0 Å². The maximum atomic E-state index is 13.6. The molecule has 0 spiro atoms. The second-order valence-corrected chi connectivity index (χ2v) is 6.13. The van der Waals surface area contributed by atoms with Gasteiger partial charge in [0.25, 0.3) is 0 Å². The zero-order chi connectivity index (χ0) is 16.2. The normalized spacial score (nSPS) is 18.5. The van der Waals surface area contributed by atoms with Gasteiger partial charge in [0.1, 0.15) is 11.4 Å². The van der Waals surface area contributed by atoms with E-state index in [0.717, 1.165) is 19.3 Å². The third-order valence-electron chi connectivity index (χ3n) is 4.41. The highest BCUT2D eigenvalue weighted by Crippen LogP contribution is 2.29. The molecule has 5 heteroatoms. The minimum absolute atomic E-state index is 0.258. The fourth-order valence-corrected chi connectivity index (χ4v) is 2.99. The first-order valence-electron chi connectivity index (χ1n) is 7.73. The third kappa shape index (κ3) is 3.64. The molecule has 0 bridgehead atoms. The van der Waals surface area contributed by atoms with Crippen LogP contribution in [0.5, 0.6) is 0 Å². The Hall–Kier alpha value is -1.91. The number of carboxylic acids is 1. The topological polar surface area (TPSA) is 66.4 Å². The molecular weight excluding hydrogens is 285 g/mol. The van der Waals surface area contributed by atoms with Crippen LogP contribution in [0, 0.1) is 11.7 Å². The standard InChI is InChI=1S/C17H22FNO3/c1-12(11-13-7-3-4-8-14(13)18)15(20)19-17(16(21)22)9-5-2-6-10-17/h3-4,7-8,12H,2,5-6,9-11H2,1H3,(H,19,20)(H,21,22). The maximum Gasteiger partial charge on any atom is 0.329 e. The van der Waals surface area contributed by atoms with E-state index < -0.39 is 17.4 Å². The molecule has 120 valence electrons. The molecule has 0 aromatic heterocycles. The van der Waals surface area contributed by atoms with Gasteiger partial charge in [-0.2, -0.15) is 0 Å². The summed E-state index contributed by atoms with van der Waals surface area (Å²) >= 11 is 0. The van der Waals surface area contributed by atoms with Crippen molar-refractivity contribution in [2.24, 2.45) is 5.92 Å². The lowest BCUT2D eigenvalue weighted by atomic mass is 9.81. The molecule has 1 aromatic rings. The van der Waals surface area contributed by atoms with Crippen LogP contribution in [0.15, 0.2) is 24.3 Å². The third-order valence-corrected chi connectivity index (χ3v) is 4.41. The van der Waals surface area contributed by atoms with Crippen LogP contribution in [0.1, 0.15) is 44.6 Å². The van der Waals surface area contributed by atoms with Gasteiger partial charge in [-0.25, -0.2) is 9.18 Å². The Kier molecular flexibility index (Phi) is 5.16. The number of amides is 1. The molecule has 4 nitrogen and oxygen atoms in total. The lowest BCUT2D eigenvalue weighted by Crippen LogP contribution is -2.56. The zero-order valence-electron chi connectivity index (χ0n) is 12.8. The van der Waals surface area contributed by atoms with Gasteiger partial charge in [0, 0.05) is 5.92 Å². The van der Waals surface area contributed by atoms with Crippen LogP contribution in [-0.2, 0) is 16.0 Å². The van der Waals surface area contributed by atoms with Crippen LogP contribution in [0.3, 0.4) is 0 Å². The minimum atomic E-state index is -1.15. The number of carbonyl (C=O) groups excluding carboxylic acids is 1. The van der Waals surface area contributed by atoms with Gasteiger partial charge < -0.3 is 10.4 Å². The number of aliphatic carboxylic acids is 1. The van der Waals surface area contributed by atoms with Crippen molar-refractivity contribution in [1.82, 2.24) is 5.32 Å². The van der Waals surface area contributed by atoms with E-state index in [1.165, 1.54) is 6.07 Å². The number of benzene rings is 1. The summed E-state index contributed by atoms with van der Waals surface area (Å²) in [6, 6.07) is 6.33. The Morgan fingerprint density at radius 3 is 2.50 bits per heavy atom. The summed E-state index contributed by atoms with van der Waals surface area (Å²) in [5.41, 5.74) is -0.683. The summed E-state index contributed by atoms with van der Waals surface area (Å²) in [5.74, 6) is -2.12. The summed E-state index contributed by atoms with van der Waals surface area (Å²) < 4.78 is 13.6. The van der Waals surface area contributed by atoms with Crippen molar-refractivity contribution >= 4 is 11.9 Å². The molecule has 0 heterocycles. The first-order valence-corrected chi connectivity index (χ1v) is 7.73. The number of halogens is 1. The molecule has 1 aliphatic rings. The van der Waals surface area contributed by atoms with Gasteiger partial charge in [-0.3, -0.25) is 4.79 Å². The van der Waals surface area contributed by atoms with Crippen LogP contribution in [-0.4, -0.2) is 22.5 Å². The lowest BCUT2D eigenvalue weighted by Gasteiger charge is -2.34. The monoisotopic (exact) mass is 307 g/mol. The van der Waals surface area contributed by atoms with E-state index in [1.54, 1.807) is 25.1 Å². The highest BCUT2D eigenvalue weighted by molar-refractivity contribution is 5.88. The second-order valence-electron chi connectivity index (χ2n) is 6.13. The van der Waals surface area contributed by atoms with Crippen LogP contribution < -0.4 is 5.32 Å². The van der Waals surface area contributed by atoms with Crippen molar-refractivity contribution in [3.05, 3.63) is 35.6 Å². The van der Waals surface area contributed by atoms with Crippen LogP contribution in [0.2, 0.25) is 0 Å². The van der Waals surface area contributed by atoms with Gasteiger partial charge in [-0.1, -0.05) is 44.4 Å². The molecule has 2 rings (SSSR count). The van der Waals surface area contributed by atoms with Gasteiger partial charge in [0.15, 0.2) is 0 Å². The number of nitrogens with one attached hydrogen (secondary N) is 1. The average Bonchev–Trinajstić information content (AvgIpc) is 2.50. The van der Waals surface area contributed by atoms with E-state index >= 15 is 0 Å². The van der Waals surface area contributed by atoms with E-state index in [4.69, 9.17) is 0 Å². The van der Waals surface area contributed by atoms with Gasteiger partial charge in [0.05, 0.1) is 0 Å². The first-order chi connectivity index (χ1) is 10.4. The average molecular weight is 307 g/mol. The van der Waals surface area contributed by atoms with E-state index in [0.29, 0.717) is 18.4 Å². The lowest BCUT2D eigenvalue weighted by molar-refractivity contribution is -0.149. The minimum Gasteiger partial charge on any atom is -0.480 e. The molecule has 22 heavy (non-hydrogen) atoms.